The van der Waals surface area contributed by atoms with E-state index < -0.39 is 0 Å². The number of nitrogens with zero attached hydrogens (tertiary/aromatic N) is 4. The van der Waals surface area contributed by atoms with Gasteiger partial charge < -0.3 is 14.0 Å². The zero-order valence-corrected chi connectivity index (χ0v) is 24.7. The molecule has 1 aliphatic rings. The molecule has 0 unspecified atom stereocenters. The Morgan fingerprint density at radius 2 is 1.64 bits per heavy atom. The van der Waals surface area contributed by atoms with Crippen LogP contribution in [0.15, 0.2) is 97.2 Å². The number of carbonyl (C=O) groups excluding carboxylic acids is 1. The first-order chi connectivity index (χ1) is 20.6. The summed E-state index contributed by atoms with van der Waals surface area (Å²) in [5.74, 6) is 0.803. The largest absolute Gasteiger partial charge is 0.497 e. The normalized spacial score (nSPS) is 14.1. The quantitative estimate of drug-likeness (QED) is 0.201. The van der Waals surface area contributed by atoms with Crippen LogP contribution in [0.2, 0.25) is 5.02 Å². The van der Waals surface area contributed by atoms with E-state index in [4.69, 9.17) is 21.3 Å². The maximum absolute atomic E-state index is 13.1. The highest BCUT2D eigenvalue weighted by Gasteiger charge is 2.25. The Hall–Kier alpha value is -4.17. The Labute approximate surface area is 253 Å². The molecule has 0 aliphatic carbocycles. The van der Waals surface area contributed by atoms with Crippen LogP contribution in [-0.4, -0.2) is 58.4 Å². The number of rotatable bonds is 6. The molecule has 6 aromatic rings. The minimum Gasteiger partial charge on any atom is -0.497 e. The third-order valence-electron chi connectivity index (χ3n) is 7.93. The van der Waals surface area contributed by atoms with E-state index in [0.29, 0.717) is 30.2 Å². The third kappa shape index (κ3) is 5.04. The van der Waals surface area contributed by atoms with E-state index >= 15 is 0 Å². The molecule has 0 spiro atoms. The highest BCUT2D eigenvalue weighted by molar-refractivity contribution is 7.22. The number of hydrogen-bond donors (Lipinski definition) is 0. The van der Waals surface area contributed by atoms with Crippen LogP contribution >= 0.6 is 22.9 Å². The Balaban J connectivity index is 1.21. The van der Waals surface area contributed by atoms with Gasteiger partial charge in [0.05, 0.1) is 29.1 Å². The fraction of sp³-hybridized carbons (Fsp3) is 0.176. The van der Waals surface area contributed by atoms with Crippen molar-refractivity contribution in [2.45, 2.75) is 6.54 Å². The highest BCUT2D eigenvalue weighted by atomic mass is 35.5. The van der Waals surface area contributed by atoms with Crippen molar-refractivity contribution >= 4 is 44.6 Å². The van der Waals surface area contributed by atoms with Crippen molar-refractivity contribution < 1.29 is 9.53 Å². The number of piperazine rings is 1. The summed E-state index contributed by atoms with van der Waals surface area (Å²) in [7, 11) is 1.68. The zero-order chi connectivity index (χ0) is 28.6. The number of ether oxygens (including phenoxy) is 1. The maximum Gasteiger partial charge on any atom is 0.255 e. The van der Waals surface area contributed by atoms with Gasteiger partial charge in [-0.05, 0) is 66.0 Å². The van der Waals surface area contributed by atoms with E-state index in [2.05, 4.69) is 70.1 Å². The van der Waals surface area contributed by atoms with Gasteiger partial charge in [-0.25, -0.2) is 4.98 Å². The van der Waals surface area contributed by atoms with E-state index in [1.165, 1.54) is 20.5 Å². The summed E-state index contributed by atoms with van der Waals surface area (Å²) in [6, 6.07) is 30.4. The number of imidazole rings is 1. The number of halogens is 1. The Bertz CT molecular complexity index is 1870. The van der Waals surface area contributed by atoms with Crippen molar-refractivity contribution in [3.8, 4) is 27.4 Å². The molecule has 0 saturated carbocycles. The predicted octanol–water partition coefficient (Wildman–Crippen LogP) is 7.50. The summed E-state index contributed by atoms with van der Waals surface area (Å²) in [5, 5.41) is 1.75. The second kappa shape index (κ2) is 11.2. The Kier molecular flexibility index (Phi) is 7.15. The van der Waals surface area contributed by atoms with Crippen LogP contribution in [0.1, 0.15) is 16.1 Å². The van der Waals surface area contributed by atoms with Crippen molar-refractivity contribution in [1.29, 1.82) is 0 Å². The summed E-state index contributed by atoms with van der Waals surface area (Å²) in [6.45, 7) is 3.53. The summed E-state index contributed by atoms with van der Waals surface area (Å²) < 4.78 is 8.92. The number of pyridine rings is 1. The van der Waals surface area contributed by atoms with Gasteiger partial charge in [0.1, 0.15) is 11.4 Å². The molecule has 7 rings (SSSR count). The van der Waals surface area contributed by atoms with Crippen LogP contribution in [0.5, 0.6) is 5.75 Å². The van der Waals surface area contributed by atoms with Gasteiger partial charge in [0, 0.05) is 59.6 Å². The topological polar surface area (TPSA) is 50.1 Å². The average molecular weight is 593 g/mol. The first-order valence-corrected chi connectivity index (χ1v) is 15.2. The van der Waals surface area contributed by atoms with Gasteiger partial charge in [-0.2, -0.15) is 0 Å². The fourth-order valence-corrected chi connectivity index (χ4v) is 6.89. The van der Waals surface area contributed by atoms with Crippen LogP contribution < -0.4 is 4.74 Å². The van der Waals surface area contributed by atoms with Gasteiger partial charge in [0.2, 0.25) is 0 Å². The van der Waals surface area contributed by atoms with Crippen molar-refractivity contribution in [3.05, 3.63) is 113 Å². The van der Waals surface area contributed by atoms with Gasteiger partial charge in [-0.1, -0.05) is 41.9 Å². The molecular formula is C34H29ClN4O2S. The predicted molar refractivity (Wildman–Crippen MR) is 171 cm³/mol. The Morgan fingerprint density at radius 1 is 0.905 bits per heavy atom. The van der Waals surface area contributed by atoms with E-state index in [1.807, 2.05) is 29.2 Å². The molecule has 3 aromatic carbocycles. The first kappa shape index (κ1) is 26.7. The zero-order valence-electron chi connectivity index (χ0n) is 23.2. The number of methoxy groups -OCH3 is 1. The van der Waals surface area contributed by atoms with E-state index in [0.717, 1.165) is 41.4 Å². The van der Waals surface area contributed by atoms with Crippen molar-refractivity contribution in [1.82, 2.24) is 19.2 Å². The van der Waals surface area contributed by atoms with Crippen LogP contribution in [-0.2, 0) is 6.54 Å². The van der Waals surface area contributed by atoms with Gasteiger partial charge in [-0.3, -0.25) is 9.69 Å². The Morgan fingerprint density at radius 3 is 2.40 bits per heavy atom. The molecule has 4 heterocycles. The SMILES string of the molecule is COc1ccc(-c2nc3ccc(-c4cc5ccccc5s4)cn3c2CN2CCN(C(=O)c3ccccc3Cl)CC2)cc1. The number of fused-ring (bicyclic) bond motifs is 2. The number of benzene rings is 3. The smallest absolute Gasteiger partial charge is 0.255 e. The van der Waals surface area contributed by atoms with E-state index in [-0.39, 0.29) is 5.91 Å². The van der Waals surface area contributed by atoms with Crippen LogP contribution in [0.4, 0.5) is 0 Å². The lowest BCUT2D eigenvalue weighted by Crippen LogP contribution is -2.48. The molecule has 0 N–H and O–H groups in total. The van der Waals surface area contributed by atoms with Gasteiger partial charge in [0.25, 0.3) is 5.91 Å². The maximum atomic E-state index is 13.1. The minimum absolute atomic E-state index is 0.0121. The van der Waals surface area contributed by atoms with E-state index in [1.54, 1.807) is 30.6 Å². The molecule has 0 radical (unpaired) electrons. The van der Waals surface area contributed by atoms with E-state index in [9.17, 15) is 4.79 Å². The lowest BCUT2D eigenvalue weighted by atomic mass is 10.1. The molecular weight excluding hydrogens is 564 g/mol. The fourth-order valence-electron chi connectivity index (χ4n) is 5.62. The molecule has 1 saturated heterocycles. The van der Waals surface area contributed by atoms with Crippen molar-refractivity contribution in [3.63, 3.8) is 0 Å². The number of aromatic nitrogens is 2. The summed E-state index contributed by atoms with van der Waals surface area (Å²) in [4.78, 5) is 23.8. The molecule has 1 fully saturated rings. The van der Waals surface area contributed by atoms with Crippen LogP contribution in [0.3, 0.4) is 0 Å². The molecule has 8 heteroatoms. The molecule has 3 aromatic heterocycles. The molecule has 210 valence electrons. The lowest BCUT2D eigenvalue weighted by Gasteiger charge is -2.35. The summed E-state index contributed by atoms with van der Waals surface area (Å²) >= 11 is 8.12. The molecule has 0 bridgehead atoms. The van der Waals surface area contributed by atoms with Gasteiger partial charge in [0.15, 0.2) is 0 Å². The molecule has 1 amide bonds. The minimum atomic E-state index is -0.0121. The van der Waals surface area contributed by atoms with Crippen molar-refractivity contribution in [2.75, 3.05) is 33.3 Å². The average Bonchev–Trinajstić information content (AvgIpc) is 3.63. The monoisotopic (exact) mass is 592 g/mol. The van der Waals surface area contributed by atoms with Gasteiger partial charge >= 0.3 is 0 Å². The number of amides is 1. The second-order valence-corrected chi connectivity index (χ2v) is 12.0. The second-order valence-electron chi connectivity index (χ2n) is 10.5. The number of hydrogen-bond acceptors (Lipinski definition) is 5. The highest BCUT2D eigenvalue weighted by Crippen LogP contribution is 2.35. The molecule has 1 aliphatic heterocycles. The summed E-state index contributed by atoms with van der Waals surface area (Å²) in [5.41, 5.74) is 5.77. The number of carbonyl (C=O) groups is 1. The lowest BCUT2D eigenvalue weighted by molar-refractivity contribution is 0.0627. The van der Waals surface area contributed by atoms with Crippen LogP contribution in [0.25, 0.3) is 37.4 Å². The summed E-state index contributed by atoms with van der Waals surface area (Å²) in [6.07, 6.45) is 2.21. The van der Waals surface area contributed by atoms with Gasteiger partial charge in [-0.15, -0.1) is 11.3 Å². The molecule has 6 nitrogen and oxygen atoms in total. The molecule has 42 heavy (non-hydrogen) atoms. The third-order valence-corrected chi connectivity index (χ3v) is 9.42. The standard InChI is InChI=1S/C34H29ClN4O2S/c1-41-26-13-10-23(11-14-26)33-29(22-37-16-18-38(19-17-37)34(40)27-7-3-4-8-28(27)35)39-21-25(12-15-32(39)36-33)31-20-24-6-2-5-9-30(24)42-31/h2-15,20-21H,16-19,22H2,1H3. The van der Waals surface area contributed by atoms with Crippen molar-refractivity contribution in [2.24, 2.45) is 0 Å². The number of thiophene rings is 1. The first-order valence-electron chi connectivity index (χ1n) is 14.0. The molecule has 0 atom stereocenters. The van der Waals surface area contributed by atoms with Crippen LogP contribution in [0, 0.1) is 0 Å².